The Labute approximate surface area is 598 Å². The molecule has 0 saturated heterocycles. The molecular weight excluding hydrogens is 1200 g/mol. The highest BCUT2D eigenvalue weighted by molar-refractivity contribution is 5.71. The molecule has 0 saturated carbocycles. The van der Waals surface area contributed by atoms with E-state index >= 15 is 0 Å². The summed E-state index contributed by atoms with van der Waals surface area (Å²) in [6, 6.07) is 0. The van der Waals surface area contributed by atoms with Crippen LogP contribution < -0.4 is 0 Å². The fourth-order valence-corrected chi connectivity index (χ4v) is 11.1. The molecule has 0 aromatic rings. The Kier molecular flexibility index (Phi) is 73.1. The third kappa shape index (κ3) is 78.4. The molecule has 2 atom stereocenters. The summed E-state index contributed by atoms with van der Waals surface area (Å²) in [5.41, 5.74) is 0. The predicted octanol–water partition coefficient (Wildman–Crippen LogP) is 25.8. The highest BCUT2D eigenvalue weighted by Gasteiger charge is 2.25. The number of aliphatic carboxylic acids is 1. The van der Waals surface area contributed by atoms with Gasteiger partial charge in [0.05, 0.1) is 34.4 Å². The van der Waals surface area contributed by atoms with Crippen LogP contribution in [-0.2, 0) is 33.3 Å². The molecule has 0 spiro atoms. The number of carboxylic acid groups (broad SMARTS) is 1. The predicted molar refractivity (Wildman–Crippen MR) is 419 cm³/mol. The van der Waals surface area contributed by atoms with Gasteiger partial charge < -0.3 is 28.5 Å². The summed E-state index contributed by atoms with van der Waals surface area (Å²) in [5, 5.41) is 9.78. The first kappa shape index (κ1) is 92.2. The number of nitrogens with zero attached hydrogens (tertiary/aromatic N) is 1. The van der Waals surface area contributed by atoms with Gasteiger partial charge in [0.1, 0.15) is 13.2 Å². The molecule has 0 aromatic heterocycles. The zero-order valence-electron chi connectivity index (χ0n) is 63.4. The number of rotatable bonds is 73. The molecule has 554 valence electrons. The number of likely N-dealkylation sites (N-methyl/N-ethyl adjacent to an activating group) is 1. The van der Waals surface area contributed by atoms with Crippen molar-refractivity contribution in [3.8, 4) is 0 Å². The van der Waals surface area contributed by atoms with Crippen LogP contribution in [-0.4, -0.2) is 87.4 Å². The van der Waals surface area contributed by atoms with Crippen molar-refractivity contribution in [1.82, 2.24) is 0 Å². The Hall–Kier alpha value is -4.83. The van der Waals surface area contributed by atoms with Crippen molar-refractivity contribution in [2.75, 3.05) is 47.5 Å². The van der Waals surface area contributed by atoms with Crippen molar-refractivity contribution in [2.45, 2.75) is 347 Å². The highest BCUT2D eigenvalue weighted by atomic mass is 16.7. The van der Waals surface area contributed by atoms with Gasteiger partial charge in [0.15, 0.2) is 6.10 Å². The second kappa shape index (κ2) is 76.9. The second-order valence-corrected chi connectivity index (χ2v) is 27.6. The maximum Gasteiger partial charge on any atom is 0.361 e. The average molecular weight is 1350 g/mol. The SMILES string of the molecule is CC/C=C\C/C=C\C/C=C\C/C=C\C/C=C\C/C=C\CCCCCCCCCCCCCCCCCCCCCCCCC(=O)OC(COC(=O)CCCCCCCCCCCCCC/C=C\C/C=C\C/C=C\C/C=C\C/C=C\C/C=C\CC)COC(OCC[N+](C)(C)C)C(=O)O. The fraction of sp³-hybridized carbons (Fsp3) is 0.693. The molecule has 0 fully saturated rings. The molecule has 2 unspecified atom stereocenters. The Bertz CT molecular complexity index is 2110. The molecule has 0 bridgehead atoms. The van der Waals surface area contributed by atoms with Crippen LogP contribution in [0.5, 0.6) is 0 Å². The first-order valence-corrected chi connectivity index (χ1v) is 40.0. The number of esters is 2. The van der Waals surface area contributed by atoms with Crippen molar-refractivity contribution in [2.24, 2.45) is 0 Å². The van der Waals surface area contributed by atoms with Crippen LogP contribution in [0.1, 0.15) is 335 Å². The van der Waals surface area contributed by atoms with E-state index in [-0.39, 0.29) is 32.2 Å². The van der Waals surface area contributed by atoms with Crippen molar-refractivity contribution < 1.29 is 42.9 Å². The number of hydrogen-bond donors (Lipinski definition) is 1. The first-order valence-electron chi connectivity index (χ1n) is 40.0. The number of carboxylic acids is 1. The topological polar surface area (TPSA) is 108 Å². The minimum absolute atomic E-state index is 0.184. The van der Waals surface area contributed by atoms with Crippen molar-refractivity contribution in [3.05, 3.63) is 146 Å². The molecule has 0 radical (unpaired) electrons. The lowest BCUT2D eigenvalue weighted by molar-refractivity contribution is -0.870. The average Bonchev–Trinajstić information content (AvgIpc) is 3.27. The number of unbranched alkanes of at least 4 members (excludes halogenated alkanes) is 34. The van der Waals surface area contributed by atoms with Gasteiger partial charge in [0, 0.05) is 12.8 Å². The fourth-order valence-electron chi connectivity index (χ4n) is 11.1. The van der Waals surface area contributed by atoms with Crippen LogP contribution in [0, 0.1) is 0 Å². The van der Waals surface area contributed by atoms with Crippen LogP contribution in [0.15, 0.2) is 146 Å². The van der Waals surface area contributed by atoms with E-state index in [1.54, 1.807) is 0 Å². The Morgan fingerprint density at radius 3 is 0.825 bits per heavy atom. The smallest absolute Gasteiger partial charge is 0.361 e. The van der Waals surface area contributed by atoms with Crippen molar-refractivity contribution in [1.29, 1.82) is 0 Å². The van der Waals surface area contributed by atoms with Crippen molar-refractivity contribution >= 4 is 17.9 Å². The number of ether oxygens (including phenoxy) is 4. The molecule has 97 heavy (non-hydrogen) atoms. The third-order valence-corrected chi connectivity index (χ3v) is 17.1. The van der Waals surface area contributed by atoms with Gasteiger partial charge in [0.2, 0.25) is 0 Å². The zero-order valence-corrected chi connectivity index (χ0v) is 63.4. The van der Waals surface area contributed by atoms with Crippen molar-refractivity contribution in [3.63, 3.8) is 0 Å². The largest absolute Gasteiger partial charge is 0.477 e. The van der Waals surface area contributed by atoms with Crippen LogP contribution in [0.25, 0.3) is 0 Å². The summed E-state index contributed by atoms with van der Waals surface area (Å²) in [5.74, 6) is -2.00. The summed E-state index contributed by atoms with van der Waals surface area (Å²) in [6.07, 6.45) is 110. The zero-order chi connectivity index (χ0) is 70.4. The van der Waals surface area contributed by atoms with E-state index in [9.17, 15) is 19.5 Å². The van der Waals surface area contributed by atoms with Crippen LogP contribution in [0.3, 0.4) is 0 Å². The Morgan fingerprint density at radius 1 is 0.309 bits per heavy atom. The number of carbonyl (C=O) groups is 3. The van der Waals surface area contributed by atoms with Gasteiger partial charge >= 0.3 is 17.9 Å². The molecule has 1 N–H and O–H groups in total. The first-order chi connectivity index (χ1) is 47.6. The Balaban J connectivity index is 4.02. The number of hydrogen-bond acceptors (Lipinski definition) is 7. The van der Waals surface area contributed by atoms with Gasteiger partial charge in [-0.25, -0.2) is 4.79 Å². The van der Waals surface area contributed by atoms with Crippen LogP contribution in [0.2, 0.25) is 0 Å². The number of quaternary nitrogens is 1. The van der Waals surface area contributed by atoms with E-state index in [1.165, 1.54) is 193 Å². The lowest BCUT2D eigenvalue weighted by Gasteiger charge is -2.25. The summed E-state index contributed by atoms with van der Waals surface area (Å²) in [6.45, 7) is 4.67. The maximum atomic E-state index is 13.0. The number of allylic oxidation sites excluding steroid dienone is 24. The van der Waals surface area contributed by atoms with Gasteiger partial charge in [0.25, 0.3) is 6.29 Å². The van der Waals surface area contributed by atoms with Gasteiger partial charge in [-0.05, 0) is 116 Å². The Morgan fingerprint density at radius 2 is 0.557 bits per heavy atom. The molecular formula is C88H150NO8+. The quantitative estimate of drug-likeness (QED) is 0.0211. The maximum absolute atomic E-state index is 13.0. The summed E-state index contributed by atoms with van der Waals surface area (Å²) >= 11 is 0. The molecule has 0 aromatic carbocycles. The molecule has 0 aliphatic rings. The lowest BCUT2D eigenvalue weighted by atomic mass is 10.0. The molecule has 0 rings (SSSR count). The van der Waals surface area contributed by atoms with E-state index < -0.39 is 24.3 Å². The molecule has 0 amide bonds. The molecule has 9 heteroatoms. The van der Waals surface area contributed by atoms with Crippen LogP contribution >= 0.6 is 0 Å². The lowest BCUT2D eigenvalue weighted by Crippen LogP contribution is -2.40. The summed E-state index contributed by atoms with van der Waals surface area (Å²) in [4.78, 5) is 37.7. The van der Waals surface area contributed by atoms with Gasteiger partial charge in [-0.1, -0.05) is 352 Å². The van der Waals surface area contributed by atoms with E-state index in [1.807, 2.05) is 21.1 Å². The molecule has 0 aliphatic heterocycles. The van der Waals surface area contributed by atoms with E-state index in [0.29, 0.717) is 17.4 Å². The normalized spacial score (nSPS) is 13.5. The third-order valence-electron chi connectivity index (χ3n) is 17.1. The van der Waals surface area contributed by atoms with Gasteiger partial charge in [-0.2, -0.15) is 0 Å². The summed E-state index contributed by atoms with van der Waals surface area (Å²) < 4.78 is 23.0. The van der Waals surface area contributed by atoms with Crippen LogP contribution in [0.4, 0.5) is 0 Å². The van der Waals surface area contributed by atoms with E-state index in [2.05, 4.69) is 160 Å². The summed E-state index contributed by atoms with van der Waals surface area (Å²) in [7, 11) is 5.98. The minimum atomic E-state index is -1.52. The van der Waals surface area contributed by atoms with E-state index in [0.717, 1.165) is 116 Å². The molecule has 9 nitrogen and oxygen atoms in total. The van der Waals surface area contributed by atoms with Gasteiger partial charge in [-0.3, -0.25) is 9.59 Å². The van der Waals surface area contributed by atoms with Gasteiger partial charge in [-0.15, -0.1) is 0 Å². The molecule has 0 heterocycles. The highest BCUT2D eigenvalue weighted by Crippen LogP contribution is 2.18. The standard InChI is InChI=1S/C88H149NO8/c1-6-8-10-12-14-16-18-20-22-24-26-28-30-32-34-36-38-39-40-41-42-43-44-45-46-47-49-51-53-55-57-59-61-63-65-67-69-71-73-75-77-79-86(91)97-84(83-96-88(87(92)93)94-81-80-89(3,4)5)82-95-85(90)78-76-74-72-70-68-66-64-62-60-58-56-54-52-50-48-37-35-33-31-29-27-25-23-21-19-17-15-13-11-9-7-2/h8-11,14-17,20-23,26-29,32-35,38-39,48,50,84,88H,6-7,12-13,18-19,24-25,30-31,36-37,40-47,49,51-83H2,1-5H3/p+1/b10-8-,11-9-,16-14-,17-15-,22-20-,23-21-,28-26-,29-27-,34-32-,35-33-,39-38-,50-48-. The van der Waals surface area contributed by atoms with E-state index in [4.69, 9.17) is 18.9 Å². The second-order valence-electron chi connectivity index (χ2n) is 27.6. The monoisotopic (exact) mass is 1350 g/mol. The number of carbonyl (C=O) groups excluding carboxylic acids is 2. The minimum Gasteiger partial charge on any atom is -0.477 e. The molecule has 0 aliphatic carbocycles.